The van der Waals surface area contributed by atoms with E-state index in [9.17, 15) is 9.59 Å². The Morgan fingerprint density at radius 2 is 1.96 bits per heavy atom. The molecule has 0 aromatic heterocycles. The maximum atomic E-state index is 12.7. The molecule has 1 aromatic rings. The van der Waals surface area contributed by atoms with Crippen molar-refractivity contribution >= 4 is 51.9 Å². The minimum absolute atomic E-state index is 0.00123. The highest BCUT2D eigenvalue weighted by atomic mass is 127. The normalized spacial score (nSPS) is 24.5. The summed E-state index contributed by atoms with van der Waals surface area (Å²) in [6.45, 7) is 2.19. The first-order valence-corrected chi connectivity index (χ1v) is 10.6. The second-order valence-electron chi connectivity index (χ2n) is 6.19. The van der Waals surface area contributed by atoms with Gasteiger partial charge in [0.25, 0.3) is 5.91 Å². The van der Waals surface area contributed by atoms with E-state index in [2.05, 4.69) is 34.8 Å². The number of halogens is 1. The van der Waals surface area contributed by atoms with Crippen LogP contribution >= 0.6 is 34.4 Å². The molecule has 0 aliphatic carbocycles. The first-order valence-electron chi connectivity index (χ1n) is 8.50. The minimum atomic E-state index is -0.660. The number of imide groups is 1. The molecule has 3 N–H and O–H groups in total. The lowest BCUT2D eigenvalue weighted by molar-refractivity contribution is -0.129. The average Bonchev–Trinajstić information content (AvgIpc) is 2.66. The predicted octanol–water partition coefficient (Wildman–Crippen LogP) is 4.23. The van der Waals surface area contributed by atoms with Crippen molar-refractivity contribution in [3.05, 3.63) is 29.8 Å². The number of hydrogen-bond donors (Lipinski definition) is 2. The van der Waals surface area contributed by atoms with Crippen molar-refractivity contribution in [2.75, 3.05) is 11.5 Å². The molecule has 4 nitrogen and oxygen atoms in total. The molecule has 132 valence electrons. The number of carbonyl (C=O) groups excluding carboxylic acids is 2. The number of nitrogens with one attached hydrogen (secondary N) is 1. The zero-order chi connectivity index (χ0) is 17.6. The molecule has 1 heterocycles. The molecular weight excluding hydrogens is 435 g/mol. The molecule has 1 unspecified atom stereocenters. The molecule has 1 aliphatic heterocycles. The minimum Gasteiger partial charge on any atom is -0.399 e. The van der Waals surface area contributed by atoms with Crippen LogP contribution in [0.15, 0.2) is 24.3 Å². The fourth-order valence-corrected chi connectivity index (χ4v) is 5.67. The summed E-state index contributed by atoms with van der Waals surface area (Å²) in [4.78, 5) is 24.6. The Balaban J connectivity index is 2.20. The summed E-state index contributed by atoms with van der Waals surface area (Å²) in [5, 5.41) is 2.56. The van der Waals surface area contributed by atoms with E-state index in [0.29, 0.717) is 18.5 Å². The van der Waals surface area contributed by atoms with Gasteiger partial charge in [-0.3, -0.25) is 14.9 Å². The molecule has 0 saturated carbocycles. The van der Waals surface area contributed by atoms with Gasteiger partial charge >= 0.3 is 0 Å². The van der Waals surface area contributed by atoms with Crippen molar-refractivity contribution in [2.45, 2.75) is 54.1 Å². The monoisotopic (exact) mass is 460 g/mol. The zero-order valence-corrected chi connectivity index (χ0v) is 17.0. The van der Waals surface area contributed by atoms with Gasteiger partial charge < -0.3 is 5.73 Å². The van der Waals surface area contributed by atoms with E-state index in [-0.39, 0.29) is 17.7 Å². The Kier molecular flexibility index (Phi) is 7.40. The summed E-state index contributed by atoms with van der Waals surface area (Å²) in [5.41, 5.74) is 7.57. The van der Waals surface area contributed by atoms with E-state index in [0.717, 1.165) is 17.7 Å². The fraction of sp³-hybridized carbons (Fsp3) is 0.556. The maximum Gasteiger partial charge on any atom is 0.253 e. The zero-order valence-electron chi connectivity index (χ0n) is 14.0. The molecule has 6 heteroatoms. The third-order valence-corrected chi connectivity index (χ3v) is 7.88. The van der Waals surface area contributed by atoms with Crippen LogP contribution in [0.5, 0.6) is 0 Å². The van der Waals surface area contributed by atoms with Gasteiger partial charge in [0, 0.05) is 18.0 Å². The molecule has 2 atom stereocenters. The van der Waals surface area contributed by atoms with E-state index in [1.165, 1.54) is 19.3 Å². The van der Waals surface area contributed by atoms with Crippen molar-refractivity contribution in [3.63, 3.8) is 0 Å². The lowest BCUT2D eigenvalue weighted by Gasteiger charge is -2.32. The number of unbranched alkanes of at least 4 members (excludes halogenated alkanes) is 3. The van der Waals surface area contributed by atoms with Crippen LogP contribution in [0.4, 0.5) is 5.69 Å². The summed E-state index contributed by atoms with van der Waals surface area (Å²) in [6, 6.07) is 7.69. The van der Waals surface area contributed by atoms with Crippen LogP contribution in [0.3, 0.4) is 0 Å². The Labute approximate surface area is 161 Å². The number of hydrogen-bond acceptors (Lipinski definition) is 4. The van der Waals surface area contributed by atoms with Crippen LogP contribution in [-0.4, -0.2) is 20.3 Å². The molecular formula is C18H25IN2O2S. The van der Waals surface area contributed by atoms with Gasteiger partial charge in [0.05, 0.1) is 0 Å². The third-order valence-electron chi connectivity index (χ3n) is 4.32. The summed E-state index contributed by atoms with van der Waals surface area (Å²) >= 11 is 3.93. The van der Waals surface area contributed by atoms with Crippen LogP contribution in [0.25, 0.3) is 0 Å². The molecule has 1 fully saturated rings. The summed E-state index contributed by atoms with van der Waals surface area (Å²) in [7, 11) is 0. The standard InChI is InChI=1S/C18H25IN2O2S/c1-2-3-4-5-12-24-18(19)15(10-11-16(22)21-17(18)23)13-6-8-14(20)9-7-13/h6-9,15H,2-5,10-12,20H2,1H3,(H,21,22,23)/t15?,18-/m1/s1. The van der Waals surface area contributed by atoms with E-state index in [1.807, 2.05) is 24.3 Å². The van der Waals surface area contributed by atoms with Gasteiger partial charge in [0.2, 0.25) is 5.91 Å². The number of rotatable bonds is 7. The molecule has 24 heavy (non-hydrogen) atoms. The van der Waals surface area contributed by atoms with Gasteiger partial charge in [-0.15, -0.1) is 11.8 Å². The van der Waals surface area contributed by atoms with Crippen LogP contribution in [0.2, 0.25) is 0 Å². The molecule has 1 aromatic carbocycles. The molecule has 2 amide bonds. The van der Waals surface area contributed by atoms with Crippen molar-refractivity contribution in [2.24, 2.45) is 0 Å². The number of nitrogen functional groups attached to an aromatic ring is 1. The highest BCUT2D eigenvalue weighted by Gasteiger charge is 2.47. The highest BCUT2D eigenvalue weighted by Crippen LogP contribution is 2.49. The summed E-state index contributed by atoms with van der Waals surface area (Å²) in [5.74, 6) is 0.579. The lowest BCUT2D eigenvalue weighted by Crippen LogP contribution is -2.43. The molecule has 1 aliphatic rings. The van der Waals surface area contributed by atoms with E-state index in [4.69, 9.17) is 5.73 Å². The van der Waals surface area contributed by atoms with Crippen LogP contribution in [-0.2, 0) is 9.59 Å². The van der Waals surface area contributed by atoms with Gasteiger partial charge in [-0.05, 0) is 36.3 Å². The van der Waals surface area contributed by atoms with Crippen molar-refractivity contribution in [1.82, 2.24) is 5.32 Å². The lowest BCUT2D eigenvalue weighted by atomic mass is 9.91. The molecule has 0 radical (unpaired) electrons. The SMILES string of the molecule is CCCCCCS[C@@]1(I)C(=O)NC(=O)CCC1c1ccc(N)cc1. The van der Waals surface area contributed by atoms with Gasteiger partial charge in [-0.1, -0.05) is 60.9 Å². The van der Waals surface area contributed by atoms with Crippen LogP contribution in [0, 0.1) is 0 Å². The van der Waals surface area contributed by atoms with Crippen molar-refractivity contribution in [1.29, 1.82) is 0 Å². The van der Waals surface area contributed by atoms with Gasteiger partial charge in [0.15, 0.2) is 2.75 Å². The first-order chi connectivity index (χ1) is 11.5. The second kappa shape index (κ2) is 9.08. The van der Waals surface area contributed by atoms with E-state index < -0.39 is 2.75 Å². The molecule has 0 spiro atoms. The number of thioether (sulfide) groups is 1. The molecule has 1 saturated heterocycles. The summed E-state index contributed by atoms with van der Waals surface area (Å²) in [6.07, 6.45) is 5.75. The quantitative estimate of drug-likeness (QED) is 0.210. The third kappa shape index (κ3) is 4.88. The number of carbonyl (C=O) groups is 2. The van der Waals surface area contributed by atoms with Crippen LogP contribution < -0.4 is 11.1 Å². The number of amides is 2. The van der Waals surface area contributed by atoms with Crippen molar-refractivity contribution in [3.8, 4) is 0 Å². The van der Waals surface area contributed by atoms with Crippen molar-refractivity contribution < 1.29 is 9.59 Å². The smallest absolute Gasteiger partial charge is 0.253 e. The highest BCUT2D eigenvalue weighted by molar-refractivity contribution is 14.1. The Bertz CT molecular complexity index is 579. The van der Waals surface area contributed by atoms with E-state index in [1.54, 1.807) is 11.8 Å². The van der Waals surface area contributed by atoms with Gasteiger partial charge in [0.1, 0.15) is 0 Å². The number of benzene rings is 1. The topological polar surface area (TPSA) is 72.2 Å². The number of anilines is 1. The fourth-order valence-electron chi connectivity index (χ4n) is 2.92. The predicted molar refractivity (Wildman–Crippen MR) is 109 cm³/mol. The number of nitrogens with two attached hydrogens (primary N) is 1. The Morgan fingerprint density at radius 3 is 2.62 bits per heavy atom. The second-order valence-corrected chi connectivity index (χ2v) is 9.96. The first kappa shape index (κ1) is 19.6. The Morgan fingerprint density at radius 1 is 1.25 bits per heavy atom. The largest absolute Gasteiger partial charge is 0.399 e. The van der Waals surface area contributed by atoms with Gasteiger partial charge in [-0.25, -0.2) is 0 Å². The van der Waals surface area contributed by atoms with Crippen LogP contribution in [0.1, 0.15) is 56.9 Å². The average molecular weight is 460 g/mol. The Hall–Kier alpha value is -0.760. The summed E-state index contributed by atoms with van der Waals surface area (Å²) < 4.78 is -0.660. The van der Waals surface area contributed by atoms with Gasteiger partial charge in [-0.2, -0.15) is 0 Å². The molecule has 0 bridgehead atoms. The molecule has 2 rings (SSSR count). The van der Waals surface area contributed by atoms with E-state index >= 15 is 0 Å². The maximum absolute atomic E-state index is 12.7. The number of alkyl halides is 1.